The zero-order valence-electron chi connectivity index (χ0n) is 8.55. The molecular formula is C10H12NO4S-. The molecule has 0 unspecified atom stereocenters. The van der Waals surface area contributed by atoms with Gasteiger partial charge in [-0.25, -0.2) is 8.42 Å². The van der Waals surface area contributed by atoms with E-state index in [1.807, 2.05) is 30.3 Å². The van der Waals surface area contributed by atoms with Crippen LogP contribution in [0.2, 0.25) is 0 Å². The molecule has 1 aromatic carbocycles. The molecule has 0 radical (unpaired) electrons. The van der Waals surface area contributed by atoms with Crippen molar-refractivity contribution in [2.45, 2.75) is 12.8 Å². The third kappa shape index (κ3) is 4.79. The van der Waals surface area contributed by atoms with Crippen LogP contribution in [-0.4, -0.2) is 20.3 Å². The summed E-state index contributed by atoms with van der Waals surface area (Å²) in [7, 11) is -3.76. The third-order valence-electron chi connectivity index (χ3n) is 1.96. The molecule has 0 fully saturated rings. The first-order valence-corrected chi connectivity index (χ1v) is 6.40. The topological polar surface area (TPSA) is 86.3 Å². The maximum atomic E-state index is 11.1. The van der Waals surface area contributed by atoms with Crippen LogP contribution in [0.1, 0.15) is 12.0 Å². The fourth-order valence-corrected chi connectivity index (χ4v) is 2.17. The van der Waals surface area contributed by atoms with Crippen molar-refractivity contribution in [3.05, 3.63) is 35.9 Å². The minimum Gasteiger partial charge on any atom is -0.529 e. The van der Waals surface area contributed by atoms with Crippen molar-refractivity contribution in [1.82, 2.24) is 4.72 Å². The summed E-state index contributed by atoms with van der Waals surface area (Å²) in [6.07, 6.45) is -0.832. The summed E-state index contributed by atoms with van der Waals surface area (Å²) in [4.78, 5) is 10.0. The molecule has 0 heterocycles. The Balaban J connectivity index is 2.39. The minimum atomic E-state index is -3.76. The Kier molecular flexibility index (Phi) is 4.30. The van der Waals surface area contributed by atoms with Crippen molar-refractivity contribution in [3.8, 4) is 0 Å². The van der Waals surface area contributed by atoms with Crippen molar-refractivity contribution < 1.29 is 18.3 Å². The largest absolute Gasteiger partial charge is 0.529 e. The molecule has 0 spiro atoms. The van der Waals surface area contributed by atoms with E-state index in [4.69, 9.17) is 0 Å². The Labute approximate surface area is 94.2 Å². The van der Waals surface area contributed by atoms with Crippen LogP contribution in [0.15, 0.2) is 30.3 Å². The van der Waals surface area contributed by atoms with Crippen LogP contribution in [0.4, 0.5) is 4.79 Å². The standard InChI is InChI=1S/C10H13NO4S/c12-10(13)11-16(14,15)8-4-7-9-5-2-1-3-6-9/h1-3,5-6,11H,4,7-8H2,(H,12,13)/p-1. The lowest BCUT2D eigenvalue weighted by molar-refractivity contribution is -0.247. The number of carbonyl (C=O) groups excluding carboxylic acids is 1. The Hall–Kier alpha value is -1.56. The molecule has 6 heteroatoms. The number of hydrogen-bond acceptors (Lipinski definition) is 4. The van der Waals surface area contributed by atoms with Crippen LogP contribution >= 0.6 is 0 Å². The van der Waals surface area contributed by atoms with E-state index in [0.717, 1.165) is 5.56 Å². The van der Waals surface area contributed by atoms with Gasteiger partial charge >= 0.3 is 0 Å². The number of carboxylic acid groups (broad SMARTS) is 1. The predicted molar refractivity (Wildman–Crippen MR) is 57.1 cm³/mol. The van der Waals surface area contributed by atoms with Crippen molar-refractivity contribution in [1.29, 1.82) is 0 Å². The molecule has 1 amide bonds. The Morgan fingerprint density at radius 3 is 2.44 bits per heavy atom. The van der Waals surface area contributed by atoms with Crippen LogP contribution in [0.25, 0.3) is 0 Å². The van der Waals surface area contributed by atoms with Gasteiger partial charge in [0.25, 0.3) is 0 Å². The van der Waals surface area contributed by atoms with Gasteiger partial charge in [0.2, 0.25) is 10.0 Å². The molecule has 1 rings (SSSR count). The number of rotatable bonds is 5. The molecule has 16 heavy (non-hydrogen) atoms. The summed E-state index contributed by atoms with van der Waals surface area (Å²) in [5.74, 6) is -0.226. The first kappa shape index (κ1) is 12.5. The lowest BCUT2D eigenvalue weighted by Crippen LogP contribution is -2.41. The fraction of sp³-hybridized carbons (Fsp3) is 0.300. The number of benzene rings is 1. The van der Waals surface area contributed by atoms with Crippen molar-refractivity contribution in [2.24, 2.45) is 0 Å². The number of amides is 1. The van der Waals surface area contributed by atoms with E-state index in [2.05, 4.69) is 0 Å². The molecule has 0 saturated carbocycles. The lowest BCUT2D eigenvalue weighted by Gasteiger charge is -2.07. The summed E-state index contributed by atoms with van der Waals surface area (Å²) in [6.45, 7) is 0. The Morgan fingerprint density at radius 2 is 1.88 bits per heavy atom. The van der Waals surface area contributed by atoms with Crippen molar-refractivity contribution >= 4 is 16.1 Å². The van der Waals surface area contributed by atoms with E-state index in [9.17, 15) is 18.3 Å². The highest BCUT2D eigenvalue weighted by Gasteiger charge is 2.08. The second-order valence-corrected chi connectivity index (χ2v) is 5.14. The molecule has 5 nitrogen and oxygen atoms in total. The lowest BCUT2D eigenvalue weighted by atomic mass is 10.1. The minimum absolute atomic E-state index is 0.226. The Morgan fingerprint density at radius 1 is 1.25 bits per heavy atom. The molecule has 0 aliphatic rings. The van der Waals surface area contributed by atoms with Crippen molar-refractivity contribution in [3.63, 3.8) is 0 Å². The number of carbonyl (C=O) groups is 1. The number of aryl methyl sites for hydroxylation is 1. The average Bonchev–Trinajstić information content (AvgIpc) is 2.16. The van der Waals surface area contributed by atoms with Gasteiger partial charge in [-0.05, 0) is 18.4 Å². The smallest absolute Gasteiger partial charge is 0.233 e. The van der Waals surface area contributed by atoms with E-state index in [0.29, 0.717) is 12.8 Å². The average molecular weight is 242 g/mol. The van der Waals surface area contributed by atoms with Gasteiger partial charge in [0, 0.05) is 0 Å². The monoisotopic (exact) mass is 242 g/mol. The normalized spacial score (nSPS) is 11.0. The van der Waals surface area contributed by atoms with Crippen LogP contribution in [0.5, 0.6) is 0 Å². The summed E-state index contributed by atoms with van der Waals surface area (Å²) in [6, 6.07) is 9.38. The molecule has 0 saturated heterocycles. The summed E-state index contributed by atoms with van der Waals surface area (Å²) in [5.41, 5.74) is 1.02. The molecule has 0 atom stereocenters. The van der Waals surface area contributed by atoms with Crippen LogP contribution in [0.3, 0.4) is 0 Å². The first-order valence-electron chi connectivity index (χ1n) is 4.75. The molecule has 1 aromatic rings. The van der Waals surface area contributed by atoms with Gasteiger partial charge in [-0.15, -0.1) is 0 Å². The quantitative estimate of drug-likeness (QED) is 0.780. The van der Waals surface area contributed by atoms with Gasteiger partial charge in [-0.1, -0.05) is 30.3 Å². The summed E-state index contributed by atoms with van der Waals surface area (Å²) < 4.78 is 23.6. The molecular weight excluding hydrogens is 230 g/mol. The van der Waals surface area contributed by atoms with E-state index >= 15 is 0 Å². The van der Waals surface area contributed by atoms with E-state index < -0.39 is 16.1 Å². The fourth-order valence-electron chi connectivity index (χ4n) is 1.29. The summed E-state index contributed by atoms with van der Waals surface area (Å²) >= 11 is 0. The zero-order valence-corrected chi connectivity index (χ0v) is 9.37. The first-order chi connectivity index (χ1) is 7.49. The highest BCUT2D eigenvalue weighted by atomic mass is 32.2. The molecule has 0 aromatic heterocycles. The molecule has 0 aliphatic carbocycles. The highest BCUT2D eigenvalue weighted by Crippen LogP contribution is 2.03. The number of nitrogens with one attached hydrogen (secondary N) is 1. The SMILES string of the molecule is O=C([O-])NS(=O)(=O)CCCc1ccccc1. The molecule has 0 bridgehead atoms. The van der Waals surface area contributed by atoms with Gasteiger partial charge in [-0.3, -0.25) is 4.72 Å². The van der Waals surface area contributed by atoms with Gasteiger partial charge < -0.3 is 9.90 Å². The summed E-state index contributed by atoms with van der Waals surface area (Å²) in [5, 5.41) is 10.0. The maximum absolute atomic E-state index is 11.1. The number of hydrogen-bond donors (Lipinski definition) is 1. The van der Waals surface area contributed by atoms with E-state index in [1.165, 1.54) is 4.72 Å². The van der Waals surface area contributed by atoms with Crippen LogP contribution in [0, 0.1) is 0 Å². The Bertz CT molecular complexity index is 441. The second kappa shape index (κ2) is 5.50. The molecule has 88 valence electrons. The van der Waals surface area contributed by atoms with Crippen LogP contribution < -0.4 is 9.83 Å². The van der Waals surface area contributed by atoms with Gasteiger partial charge in [0.15, 0.2) is 0 Å². The highest BCUT2D eigenvalue weighted by molar-refractivity contribution is 7.90. The molecule has 0 aliphatic heterocycles. The van der Waals surface area contributed by atoms with Crippen LogP contribution in [-0.2, 0) is 16.4 Å². The van der Waals surface area contributed by atoms with Gasteiger partial charge in [-0.2, -0.15) is 0 Å². The predicted octanol–water partition coefficient (Wildman–Crippen LogP) is -0.118. The zero-order chi connectivity index (χ0) is 12.0. The maximum Gasteiger partial charge on any atom is 0.233 e. The number of sulfonamides is 1. The van der Waals surface area contributed by atoms with E-state index in [1.54, 1.807) is 0 Å². The van der Waals surface area contributed by atoms with Gasteiger partial charge in [0.05, 0.1) is 5.75 Å². The third-order valence-corrected chi connectivity index (χ3v) is 3.26. The molecule has 1 N–H and O–H groups in total. The second-order valence-electron chi connectivity index (χ2n) is 3.30. The van der Waals surface area contributed by atoms with Gasteiger partial charge in [0.1, 0.15) is 6.09 Å². The van der Waals surface area contributed by atoms with E-state index in [-0.39, 0.29) is 5.75 Å². The van der Waals surface area contributed by atoms with Crippen molar-refractivity contribution in [2.75, 3.05) is 5.75 Å².